The van der Waals surface area contributed by atoms with Crippen LogP contribution in [0.4, 0.5) is 0 Å². The molecular weight excluding hydrogens is 228 g/mol. The fraction of sp³-hybridized carbons (Fsp3) is 0.429. The van der Waals surface area contributed by atoms with Gasteiger partial charge in [0.25, 0.3) is 0 Å². The Hall–Kier alpha value is -0.840. The lowest BCUT2D eigenvalue weighted by Gasteiger charge is -2.02. The molecule has 0 saturated carbocycles. The van der Waals surface area contributed by atoms with Crippen molar-refractivity contribution in [3.05, 3.63) is 12.2 Å². The normalized spacial score (nSPS) is 9.08. The molecule has 0 saturated heterocycles. The van der Waals surface area contributed by atoms with Crippen molar-refractivity contribution in [3.63, 3.8) is 0 Å². The largest absolute Gasteiger partial charge is 0.481 e. The number of esters is 1. The van der Waals surface area contributed by atoms with Gasteiger partial charge in [-0.3, -0.25) is 4.79 Å². The Kier molecular flexibility index (Phi) is 5.36. The summed E-state index contributed by atoms with van der Waals surface area (Å²) < 4.78 is 4.61. The molecular formula is C7H9BrO4. The predicted octanol–water partition coefficient (Wildman–Crippen LogP) is 0.955. The smallest absolute Gasteiger partial charge is 0.334 e. The molecule has 0 aliphatic heterocycles. The molecule has 12 heavy (non-hydrogen) atoms. The molecule has 0 aliphatic carbocycles. The highest BCUT2D eigenvalue weighted by molar-refractivity contribution is 9.09. The van der Waals surface area contributed by atoms with E-state index in [9.17, 15) is 9.59 Å². The van der Waals surface area contributed by atoms with Gasteiger partial charge in [-0.05, 0) is 0 Å². The summed E-state index contributed by atoms with van der Waals surface area (Å²) >= 11 is 3.05. The number of halogens is 1. The molecule has 68 valence electrons. The molecule has 0 unspecified atom stereocenters. The van der Waals surface area contributed by atoms with Crippen molar-refractivity contribution in [1.29, 1.82) is 0 Å². The van der Waals surface area contributed by atoms with Gasteiger partial charge in [-0.25, -0.2) is 4.79 Å². The van der Waals surface area contributed by atoms with Gasteiger partial charge in [0.2, 0.25) is 0 Å². The fourth-order valence-electron chi connectivity index (χ4n) is 0.488. The molecule has 0 aliphatic rings. The Morgan fingerprint density at radius 3 is 2.50 bits per heavy atom. The number of hydrogen-bond donors (Lipinski definition) is 1. The predicted molar refractivity (Wildman–Crippen MR) is 46.1 cm³/mol. The first-order valence-corrected chi connectivity index (χ1v) is 4.32. The number of ether oxygens (including phenoxy) is 1. The van der Waals surface area contributed by atoms with Crippen molar-refractivity contribution >= 4 is 27.9 Å². The SMILES string of the molecule is C=C(CC(=O)O)C(=O)OCCBr. The molecule has 1 N–H and O–H groups in total. The number of alkyl halides is 1. The first kappa shape index (κ1) is 11.2. The van der Waals surface area contributed by atoms with Crippen LogP contribution in [0.2, 0.25) is 0 Å². The summed E-state index contributed by atoms with van der Waals surface area (Å²) in [6.45, 7) is 3.50. The molecule has 5 heteroatoms. The monoisotopic (exact) mass is 236 g/mol. The van der Waals surface area contributed by atoms with Gasteiger partial charge >= 0.3 is 11.9 Å². The van der Waals surface area contributed by atoms with Gasteiger partial charge < -0.3 is 9.84 Å². The Morgan fingerprint density at radius 1 is 1.50 bits per heavy atom. The highest BCUT2D eigenvalue weighted by Gasteiger charge is 2.11. The molecule has 0 atom stereocenters. The van der Waals surface area contributed by atoms with E-state index in [1.54, 1.807) is 0 Å². The van der Waals surface area contributed by atoms with Gasteiger partial charge in [-0.15, -0.1) is 0 Å². The van der Waals surface area contributed by atoms with Crippen molar-refractivity contribution in [2.75, 3.05) is 11.9 Å². The molecule has 0 fully saturated rings. The molecule has 0 amide bonds. The molecule has 0 heterocycles. The van der Waals surface area contributed by atoms with E-state index >= 15 is 0 Å². The Labute approximate surface area is 78.3 Å². The van der Waals surface area contributed by atoms with Crippen molar-refractivity contribution in [3.8, 4) is 0 Å². The Bertz CT molecular complexity index is 200. The third kappa shape index (κ3) is 4.90. The van der Waals surface area contributed by atoms with Crippen LogP contribution in [0.25, 0.3) is 0 Å². The second-order valence-corrected chi connectivity index (χ2v) is 2.79. The van der Waals surface area contributed by atoms with Gasteiger partial charge in [-0.2, -0.15) is 0 Å². The second-order valence-electron chi connectivity index (χ2n) is 2.00. The van der Waals surface area contributed by atoms with E-state index in [1.165, 1.54) is 0 Å². The lowest BCUT2D eigenvalue weighted by Crippen LogP contribution is -2.11. The van der Waals surface area contributed by atoms with Crippen LogP contribution in [0.3, 0.4) is 0 Å². The number of carbonyl (C=O) groups excluding carboxylic acids is 1. The summed E-state index contributed by atoms with van der Waals surface area (Å²) in [6.07, 6.45) is -0.374. The van der Waals surface area contributed by atoms with E-state index in [4.69, 9.17) is 5.11 Å². The summed E-state index contributed by atoms with van der Waals surface area (Å²) in [6, 6.07) is 0. The lowest BCUT2D eigenvalue weighted by molar-refractivity contribution is -0.142. The van der Waals surface area contributed by atoms with Crippen LogP contribution in [0.5, 0.6) is 0 Å². The maximum Gasteiger partial charge on any atom is 0.334 e. The first-order valence-electron chi connectivity index (χ1n) is 3.20. The van der Waals surface area contributed by atoms with Gasteiger partial charge in [0.05, 0.1) is 6.42 Å². The van der Waals surface area contributed by atoms with E-state index < -0.39 is 11.9 Å². The highest BCUT2D eigenvalue weighted by atomic mass is 79.9. The van der Waals surface area contributed by atoms with Crippen LogP contribution >= 0.6 is 15.9 Å². The van der Waals surface area contributed by atoms with E-state index in [2.05, 4.69) is 27.2 Å². The minimum atomic E-state index is -1.09. The zero-order valence-electron chi connectivity index (χ0n) is 6.38. The lowest BCUT2D eigenvalue weighted by atomic mass is 10.2. The van der Waals surface area contributed by atoms with Gasteiger partial charge in [0, 0.05) is 10.9 Å². The van der Waals surface area contributed by atoms with Gasteiger partial charge in [0.1, 0.15) is 6.61 Å². The average Bonchev–Trinajstić information content (AvgIpc) is 1.98. The highest BCUT2D eigenvalue weighted by Crippen LogP contribution is 2.00. The second kappa shape index (κ2) is 5.77. The molecule has 0 bridgehead atoms. The third-order valence-electron chi connectivity index (χ3n) is 0.964. The van der Waals surface area contributed by atoms with E-state index in [-0.39, 0.29) is 18.6 Å². The summed E-state index contributed by atoms with van der Waals surface area (Å²) in [5.41, 5.74) is -0.0385. The van der Waals surface area contributed by atoms with E-state index in [1.807, 2.05) is 0 Å². The summed E-state index contributed by atoms with van der Waals surface area (Å²) in [5, 5.41) is 8.81. The van der Waals surface area contributed by atoms with Gasteiger partial charge in [0.15, 0.2) is 0 Å². The molecule has 0 spiro atoms. The van der Waals surface area contributed by atoms with E-state index in [0.29, 0.717) is 5.33 Å². The van der Waals surface area contributed by atoms with Crippen LogP contribution < -0.4 is 0 Å². The van der Waals surface area contributed by atoms with Crippen molar-refractivity contribution < 1.29 is 19.4 Å². The number of carboxylic acid groups (broad SMARTS) is 1. The van der Waals surface area contributed by atoms with Crippen LogP contribution in [-0.4, -0.2) is 29.0 Å². The third-order valence-corrected chi connectivity index (χ3v) is 1.29. The summed E-state index contributed by atoms with van der Waals surface area (Å²) in [4.78, 5) is 20.9. The molecule has 0 aromatic heterocycles. The van der Waals surface area contributed by atoms with Crippen LogP contribution in [0.15, 0.2) is 12.2 Å². The molecule has 0 aromatic rings. The van der Waals surface area contributed by atoms with Crippen LogP contribution in [0, 0.1) is 0 Å². The standard InChI is InChI=1S/C7H9BrO4/c1-5(4-6(9)10)7(11)12-3-2-8/h1-4H2,(H,9,10). The number of hydrogen-bond acceptors (Lipinski definition) is 3. The van der Waals surface area contributed by atoms with Crippen molar-refractivity contribution in [2.45, 2.75) is 6.42 Å². The number of carbonyl (C=O) groups is 2. The Balaban J connectivity index is 3.77. The van der Waals surface area contributed by atoms with Crippen LogP contribution in [0.1, 0.15) is 6.42 Å². The zero-order chi connectivity index (χ0) is 9.56. The quantitative estimate of drug-likeness (QED) is 0.439. The summed E-state index contributed by atoms with van der Waals surface area (Å²) in [5.74, 6) is -1.74. The van der Waals surface area contributed by atoms with E-state index in [0.717, 1.165) is 0 Å². The summed E-state index contributed by atoms with van der Waals surface area (Å²) in [7, 11) is 0. The molecule has 0 aromatic carbocycles. The Morgan fingerprint density at radius 2 is 2.08 bits per heavy atom. The molecule has 4 nitrogen and oxygen atoms in total. The van der Waals surface area contributed by atoms with Crippen LogP contribution in [-0.2, 0) is 14.3 Å². The minimum absolute atomic E-state index is 0.0385. The number of carboxylic acids is 1. The maximum atomic E-state index is 10.8. The topological polar surface area (TPSA) is 63.6 Å². The number of aliphatic carboxylic acids is 1. The first-order chi connectivity index (χ1) is 5.57. The molecule has 0 rings (SSSR count). The average molecular weight is 237 g/mol. The minimum Gasteiger partial charge on any atom is -0.481 e. The van der Waals surface area contributed by atoms with Gasteiger partial charge in [-0.1, -0.05) is 22.5 Å². The number of rotatable bonds is 5. The fourth-order valence-corrected chi connectivity index (χ4v) is 0.650. The van der Waals surface area contributed by atoms with Crippen molar-refractivity contribution in [1.82, 2.24) is 0 Å². The zero-order valence-corrected chi connectivity index (χ0v) is 7.96. The van der Waals surface area contributed by atoms with Crippen molar-refractivity contribution in [2.24, 2.45) is 0 Å². The molecule has 0 radical (unpaired) electrons. The maximum absolute atomic E-state index is 10.8.